The number of ether oxygens (including phenoxy) is 1. The second-order valence-corrected chi connectivity index (χ2v) is 5.88. The van der Waals surface area contributed by atoms with Crippen LogP contribution in [0, 0.1) is 6.92 Å². The Labute approximate surface area is 138 Å². The van der Waals surface area contributed by atoms with Crippen molar-refractivity contribution in [3.05, 3.63) is 41.2 Å². The molecule has 0 amide bonds. The highest BCUT2D eigenvalue weighted by Gasteiger charge is 2.10. The van der Waals surface area contributed by atoms with Crippen LogP contribution in [-0.4, -0.2) is 21.6 Å². The van der Waals surface area contributed by atoms with E-state index in [0.29, 0.717) is 6.54 Å². The summed E-state index contributed by atoms with van der Waals surface area (Å²) in [6.45, 7) is 6.34. The minimum atomic E-state index is 0.468. The maximum Gasteiger partial charge on any atom is 0.119 e. The van der Waals surface area contributed by atoms with Crippen LogP contribution in [0.15, 0.2) is 24.3 Å². The third-order valence-electron chi connectivity index (χ3n) is 3.93. The first-order valence-corrected chi connectivity index (χ1v) is 8.55. The van der Waals surface area contributed by atoms with Crippen molar-refractivity contribution in [2.45, 2.75) is 59.0 Å². The molecule has 0 spiro atoms. The van der Waals surface area contributed by atoms with Crippen molar-refractivity contribution in [2.75, 3.05) is 6.61 Å². The van der Waals surface area contributed by atoms with Crippen molar-refractivity contribution in [1.82, 2.24) is 15.0 Å². The van der Waals surface area contributed by atoms with Gasteiger partial charge in [-0.15, -0.1) is 5.10 Å². The second-order valence-electron chi connectivity index (χ2n) is 5.88. The molecule has 0 aliphatic carbocycles. The molecule has 23 heavy (non-hydrogen) atoms. The molecule has 0 fully saturated rings. The summed E-state index contributed by atoms with van der Waals surface area (Å²) in [5, 5.41) is 8.45. The fourth-order valence-corrected chi connectivity index (χ4v) is 2.51. The smallest absolute Gasteiger partial charge is 0.119 e. The number of hydrogen-bond acceptors (Lipinski definition) is 4. The molecule has 0 atom stereocenters. The normalized spacial score (nSPS) is 10.9. The van der Waals surface area contributed by atoms with Gasteiger partial charge in [0.2, 0.25) is 0 Å². The average Bonchev–Trinajstić information content (AvgIpc) is 2.96. The Morgan fingerprint density at radius 1 is 1.13 bits per heavy atom. The SMILES string of the molecule is CCCCc1c(CN)nnn1CCCCOc1ccc(C)cc1. The average molecular weight is 316 g/mol. The van der Waals surface area contributed by atoms with Gasteiger partial charge in [-0.1, -0.05) is 36.3 Å². The minimum Gasteiger partial charge on any atom is -0.494 e. The monoisotopic (exact) mass is 316 g/mol. The van der Waals surface area contributed by atoms with Crippen LogP contribution in [0.2, 0.25) is 0 Å². The lowest BCUT2D eigenvalue weighted by Gasteiger charge is -2.08. The number of aryl methyl sites for hydroxylation is 2. The summed E-state index contributed by atoms with van der Waals surface area (Å²) in [4.78, 5) is 0. The van der Waals surface area contributed by atoms with Gasteiger partial charge in [0, 0.05) is 13.1 Å². The number of nitrogens with zero attached hydrogens (tertiary/aromatic N) is 3. The Balaban J connectivity index is 1.75. The molecule has 0 saturated carbocycles. The van der Waals surface area contributed by atoms with Crippen molar-refractivity contribution >= 4 is 0 Å². The Hall–Kier alpha value is -1.88. The lowest BCUT2D eigenvalue weighted by atomic mass is 10.1. The van der Waals surface area contributed by atoms with Crippen LogP contribution in [0.25, 0.3) is 0 Å². The Kier molecular flexibility index (Phi) is 7.07. The van der Waals surface area contributed by atoms with Crippen LogP contribution >= 0.6 is 0 Å². The van der Waals surface area contributed by atoms with Crippen molar-refractivity contribution in [1.29, 1.82) is 0 Å². The van der Waals surface area contributed by atoms with Crippen LogP contribution < -0.4 is 10.5 Å². The molecule has 0 aliphatic heterocycles. The second kappa shape index (κ2) is 9.30. The quantitative estimate of drug-likeness (QED) is 0.683. The van der Waals surface area contributed by atoms with E-state index in [0.717, 1.165) is 50.3 Å². The molecule has 126 valence electrons. The van der Waals surface area contributed by atoms with E-state index < -0.39 is 0 Å². The van der Waals surface area contributed by atoms with E-state index in [-0.39, 0.29) is 0 Å². The third-order valence-corrected chi connectivity index (χ3v) is 3.93. The Morgan fingerprint density at radius 2 is 1.91 bits per heavy atom. The van der Waals surface area contributed by atoms with Crippen molar-refractivity contribution in [2.24, 2.45) is 5.73 Å². The Morgan fingerprint density at radius 3 is 2.61 bits per heavy atom. The van der Waals surface area contributed by atoms with Gasteiger partial charge >= 0.3 is 0 Å². The van der Waals surface area contributed by atoms with Gasteiger partial charge in [0.1, 0.15) is 5.75 Å². The van der Waals surface area contributed by atoms with E-state index in [4.69, 9.17) is 10.5 Å². The van der Waals surface area contributed by atoms with Gasteiger partial charge in [-0.3, -0.25) is 0 Å². The van der Waals surface area contributed by atoms with E-state index in [9.17, 15) is 0 Å². The number of unbranched alkanes of at least 4 members (excludes halogenated alkanes) is 2. The maximum absolute atomic E-state index is 5.76. The van der Waals surface area contributed by atoms with Gasteiger partial charge < -0.3 is 10.5 Å². The molecule has 0 radical (unpaired) electrons. The molecular formula is C18H28N4O. The standard InChI is InChI=1S/C18H28N4O/c1-3-4-7-18-17(14-19)20-21-22(18)12-5-6-13-23-16-10-8-15(2)9-11-16/h8-11H,3-7,12-14,19H2,1-2H3. The molecule has 0 saturated heterocycles. The van der Waals surface area contributed by atoms with Gasteiger partial charge in [-0.05, 0) is 44.7 Å². The van der Waals surface area contributed by atoms with E-state index in [1.54, 1.807) is 0 Å². The zero-order valence-electron chi connectivity index (χ0n) is 14.3. The Bertz CT molecular complexity index is 577. The van der Waals surface area contributed by atoms with E-state index >= 15 is 0 Å². The van der Waals surface area contributed by atoms with E-state index in [2.05, 4.69) is 36.3 Å². The summed E-state index contributed by atoms with van der Waals surface area (Å²) < 4.78 is 7.77. The first-order valence-electron chi connectivity index (χ1n) is 8.55. The topological polar surface area (TPSA) is 66.0 Å². The molecule has 0 aliphatic rings. The molecule has 2 N–H and O–H groups in total. The van der Waals surface area contributed by atoms with Crippen LogP contribution in [0.4, 0.5) is 0 Å². The molecule has 2 aromatic rings. The summed E-state index contributed by atoms with van der Waals surface area (Å²) in [6.07, 6.45) is 5.35. The first kappa shape index (κ1) is 17.5. The van der Waals surface area contributed by atoms with E-state index in [1.165, 1.54) is 17.7 Å². The maximum atomic E-state index is 5.76. The van der Waals surface area contributed by atoms with Crippen molar-refractivity contribution < 1.29 is 4.74 Å². The van der Waals surface area contributed by atoms with Crippen LogP contribution in [-0.2, 0) is 19.5 Å². The lowest BCUT2D eigenvalue weighted by molar-refractivity contribution is 0.301. The minimum absolute atomic E-state index is 0.468. The van der Waals surface area contributed by atoms with Crippen molar-refractivity contribution in [3.63, 3.8) is 0 Å². The van der Waals surface area contributed by atoms with Crippen LogP contribution in [0.1, 0.15) is 49.6 Å². The summed E-state index contributed by atoms with van der Waals surface area (Å²) in [5.74, 6) is 0.936. The number of aromatic nitrogens is 3. The van der Waals surface area contributed by atoms with E-state index in [1.807, 2.05) is 16.8 Å². The van der Waals surface area contributed by atoms with Crippen molar-refractivity contribution in [3.8, 4) is 5.75 Å². The predicted octanol–water partition coefficient (Wildman–Crippen LogP) is 3.25. The number of benzene rings is 1. The summed E-state index contributed by atoms with van der Waals surface area (Å²) >= 11 is 0. The predicted molar refractivity (Wildman–Crippen MR) is 92.4 cm³/mol. The molecule has 1 aromatic heterocycles. The fourth-order valence-electron chi connectivity index (χ4n) is 2.51. The van der Waals surface area contributed by atoms with Gasteiger partial charge in [0.05, 0.1) is 18.0 Å². The number of hydrogen-bond donors (Lipinski definition) is 1. The molecule has 5 nitrogen and oxygen atoms in total. The van der Waals surface area contributed by atoms with Gasteiger partial charge in [-0.25, -0.2) is 4.68 Å². The van der Waals surface area contributed by atoms with Gasteiger partial charge in [0.25, 0.3) is 0 Å². The molecule has 1 aromatic carbocycles. The summed E-state index contributed by atoms with van der Waals surface area (Å²) in [5.41, 5.74) is 9.14. The molecule has 2 rings (SSSR count). The zero-order chi connectivity index (χ0) is 16.5. The summed E-state index contributed by atoms with van der Waals surface area (Å²) in [6, 6.07) is 8.17. The lowest BCUT2D eigenvalue weighted by Crippen LogP contribution is -2.09. The largest absolute Gasteiger partial charge is 0.494 e. The highest BCUT2D eigenvalue weighted by molar-refractivity contribution is 5.26. The summed E-state index contributed by atoms with van der Waals surface area (Å²) in [7, 11) is 0. The highest BCUT2D eigenvalue weighted by atomic mass is 16.5. The molecular weight excluding hydrogens is 288 g/mol. The third kappa shape index (κ3) is 5.36. The van der Waals surface area contributed by atoms with Crippen LogP contribution in [0.5, 0.6) is 5.75 Å². The molecule has 1 heterocycles. The van der Waals surface area contributed by atoms with Crippen LogP contribution in [0.3, 0.4) is 0 Å². The number of nitrogens with two attached hydrogens (primary N) is 1. The highest BCUT2D eigenvalue weighted by Crippen LogP contribution is 2.13. The zero-order valence-corrected chi connectivity index (χ0v) is 14.3. The first-order chi connectivity index (χ1) is 11.2. The molecule has 5 heteroatoms. The molecule has 0 bridgehead atoms. The molecule has 0 unspecified atom stereocenters. The van der Waals surface area contributed by atoms with Gasteiger partial charge in [0.15, 0.2) is 0 Å². The number of rotatable bonds is 10. The fraction of sp³-hybridized carbons (Fsp3) is 0.556. The van der Waals surface area contributed by atoms with Gasteiger partial charge in [-0.2, -0.15) is 0 Å².